The Morgan fingerprint density at radius 1 is 1.15 bits per heavy atom. The average Bonchev–Trinajstić information content (AvgIpc) is 2.35. The summed E-state index contributed by atoms with van der Waals surface area (Å²) >= 11 is 0. The number of hydrogen-bond acceptors (Lipinski definition) is 7. The van der Waals surface area contributed by atoms with Crippen molar-refractivity contribution in [1.29, 1.82) is 0 Å². The van der Waals surface area contributed by atoms with Crippen LogP contribution in [0.15, 0.2) is 12.2 Å². The molecular formula is C11H15NO8. The molecule has 2 N–H and O–H groups in total. The van der Waals surface area contributed by atoms with Crippen LogP contribution in [0.25, 0.3) is 0 Å². The van der Waals surface area contributed by atoms with Gasteiger partial charge in [0.15, 0.2) is 0 Å². The first-order chi connectivity index (χ1) is 9.35. The maximum atomic E-state index is 11.2. The van der Waals surface area contributed by atoms with E-state index in [0.717, 1.165) is 19.3 Å². The van der Waals surface area contributed by atoms with Gasteiger partial charge in [0, 0.05) is 25.6 Å². The summed E-state index contributed by atoms with van der Waals surface area (Å²) in [5.74, 6) is -2.71. The average molecular weight is 289 g/mol. The second kappa shape index (κ2) is 9.36. The lowest BCUT2D eigenvalue weighted by Crippen LogP contribution is -2.31. The summed E-state index contributed by atoms with van der Waals surface area (Å²) in [6, 6.07) is 0. The number of nitrogens with one attached hydrogen (secondary N) is 1. The minimum absolute atomic E-state index is 0.114. The third-order valence-electron chi connectivity index (χ3n) is 1.72. The highest BCUT2D eigenvalue weighted by Gasteiger charge is 2.12. The molecule has 112 valence electrons. The molecule has 0 rings (SSSR count). The Labute approximate surface area is 114 Å². The molecule has 9 nitrogen and oxygen atoms in total. The van der Waals surface area contributed by atoms with Gasteiger partial charge in [-0.05, 0) is 0 Å². The lowest BCUT2D eigenvalue weighted by Gasteiger charge is -2.13. The molecule has 1 atom stereocenters. The van der Waals surface area contributed by atoms with Crippen molar-refractivity contribution in [3.8, 4) is 0 Å². The summed E-state index contributed by atoms with van der Waals surface area (Å²) in [4.78, 5) is 43.2. The van der Waals surface area contributed by atoms with Gasteiger partial charge in [0.05, 0.1) is 13.5 Å². The predicted molar refractivity (Wildman–Crippen MR) is 63.4 cm³/mol. The van der Waals surface area contributed by atoms with E-state index in [2.05, 4.69) is 19.5 Å². The Hall–Kier alpha value is -2.58. The van der Waals surface area contributed by atoms with Gasteiger partial charge in [0.2, 0.25) is 6.29 Å². The molecule has 0 fully saturated rings. The molecule has 0 saturated heterocycles. The van der Waals surface area contributed by atoms with Crippen LogP contribution in [0.5, 0.6) is 0 Å². The van der Waals surface area contributed by atoms with Gasteiger partial charge in [-0.2, -0.15) is 0 Å². The summed E-state index contributed by atoms with van der Waals surface area (Å²) in [6.07, 6.45) is -0.723. The maximum Gasteiger partial charge on any atom is 0.410 e. The monoisotopic (exact) mass is 289 g/mol. The number of carboxylic acids is 1. The van der Waals surface area contributed by atoms with Crippen LogP contribution in [0, 0.1) is 0 Å². The highest BCUT2D eigenvalue weighted by molar-refractivity contribution is 5.91. The van der Waals surface area contributed by atoms with E-state index in [1.54, 1.807) is 0 Å². The first-order valence-electron chi connectivity index (χ1n) is 5.48. The lowest BCUT2D eigenvalue weighted by atomic mass is 10.4. The number of amides is 1. The SMILES string of the molecule is COC(=O)C=CC(=O)OC(C)OC(=O)NCCC(=O)O. The molecule has 0 aliphatic rings. The third-order valence-corrected chi connectivity index (χ3v) is 1.72. The fourth-order valence-corrected chi connectivity index (χ4v) is 0.895. The second-order valence-corrected chi connectivity index (χ2v) is 3.34. The number of carbonyl (C=O) groups is 4. The van der Waals surface area contributed by atoms with Crippen molar-refractivity contribution in [1.82, 2.24) is 5.32 Å². The summed E-state index contributed by atoms with van der Waals surface area (Å²) in [7, 11) is 1.14. The highest BCUT2D eigenvalue weighted by Crippen LogP contribution is 1.96. The van der Waals surface area contributed by atoms with Crippen LogP contribution >= 0.6 is 0 Å². The molecular weight excluding hydrogens is 274 g/mol. The van der Waals surface area contributed by atoms with Gasteiger partial charge in [-0.1, -0.05) is 0 Å². The smallest absolute Gasteiger partial charge is 0.410 e. The molecule has 0 spiro atoms. The third kappa shape index (κ3) is 9.45. The topological polar surface area (TPSA) is 128 Å². The van der Waals surface area contributed by atoms with Gasteiger partial charge < -0.3 is 24.6 Å². The minimum atomic E-state index is -1.20. The Morgan fingerprint density at radius 3 is 2.30 bits per heavy atom. The lowest BCUT2D eigenvalue weighted by molar-refractivity contribution is -0.158. The van der Waals surface area contributed by atoms with Crippen LogP contribution < -0.4 is 5.32 Å². The van der Waals surface area contributed by atoms with Gasteiger partial charge in [-0.3, -0.25) is 4.79 Å². The molecule has 0 aromatic heterocycles. The van der Waals surface area contributed by atoms with Crippen molar-refractivity contribution >= 4 is 24.0 Å². The van der Waals surface area contributed by atoms with Gasteiger partial charge in [0.25, 0.3) is 0 Å². The molecule has 0 aliphatic carbocycles. The Morgan fingerprint density at radius 2 is 1.75 bits per heavy atom. The molecule has 0 saturated carbocycles. The Kier molecular flexibility index (Phi) is 8.16. The fraction of sp³-hybridized carbons (Fsp3) is 0.455. The Bertz CT molecular complexity index is 403. The summed E-state index contributed by atoms with van der Waals surface area (Å²) in [5.41, 5.74) is 0. The molecule has 0 aromatic carbocycles. The molecule has 9 heteroatoms. The maximum absolute atomic E-state index is 11.2. The van der Waals surface area contributed by atoms with E-state index in [0.29, 0.717) is 0 Å². The molecule has 0 bridgehead atoms. The zero-order valence-electron chi connectivity index (χ0n) is 11.0. The normalized spacial score (nSPS) is 11.5. The van der Waals surface area contributed by atoms with Crippen molar-refractivity contribution in [2.24, 2.45) is 0 Å². The zero-order valence-corrected chi connectivity index (χ0v) is 11.0. The van der Waals surface area contributed by atoms with Crippen LogP contribution in [-0.4, -0.2) is 49.1 Å². The van der Waals surface area contributed by atoms with Gasteiger partial charge in [-0.25, -0.2) is 14.4 Å². The number of carbonyl (C=O) groups excluding carboxylic acids is 3. The van der Waals surface area contributed by atoms with E-state index in [9.17, 15) is 19.2 Å². The molecule has 1 unspecified atom stereocenters. The summed E-state index contributed by atoms with van der Waals surface area (Å²) in [6.45, 7) is 1.16. The van der Waals surface area contributed by atoms with Gasteiger partial charge in [-0.15, -0.1) is 0 Å². The molecule has 0 heterocycles. The number of alkyl carbamates (subject to hydrolysis) is 1. The van der Waals surface area contributed by atoms with Gasteiger partial charge in [0.1, 0.15) is 0 Å². The number of hydrogen-bond donors (Lipinski definition) is 2. The van der Waals surface area contributed by atoms with Crippen molar-refractivity contribution in [3.05, 3.63) is 12.2 Å². The zero-order chi connectivity index (χ0) is 15.5. The van der Waals surface area contributed by atoms with Crippen molar-refractivity contribution in [3.63, 3.8) is 0 Å². The standard InChI is InChI=1S/C11H15NO8/c1-7(19-10(16)4-3-9(15)18-2)20-11(17)12-6-5-8(13)14/h3-4,7H,5-6H2,1-2H3,(H,12,17)(H,13,14). The van der Waals surface area contributed by atoms with Crippen molar-refractivity contribution < 1.29 is 38.5 Å². The first-order valence-corrected chi connectivity index (χ1v) is 5.48. The number of aliphatic carboxylic acids is 1. The molecule has 0 aliphatic heterocycles. The number of rotatable bonds is 7. The van der Waals surface area contributed by atoms with E-state index >= 15 is 0 Å². The number of esters is 2. The van der Waals surface area contributed by atoms with Gasteiger partial charge >= 0.3 is 24.0 Å². The molecule has 20 heavy (non-hydrogen) atoms. The van der Waals surface area contributed by atoms with E-state index in [4.69, 9.17) is 5.11 Å². The number of ether oxygens (including phenoxy) is 3. The van der Waals surface area contributed by atoms with E-state index in [1.165, 1.54) is 6.92 Å². The van der Waals surface area contributed by atoms with Crippen LogP contribution in [0.4, 0.5) is 4.79 Å². The number of methoxy groups -OCH3 is 1. The summed E-state index contributed by atoms with van der Waals surface area (Å²) in [5, 5.41) is 10.5. The van der Waals surface area contributed by atoms with Crippen LogP contribution in [-0.2, 0) is 28.6 Å². The predicted octanol–water partition coefficient (Wildman–Crippen LogP) is -0.194. The summed E-state index contributed by atoms with van der Waals surface area (Å²) < 4.78 is 13.5. The fourth-order valence-electron chi connectivity index (χ4n) is 0.895. The van der Waals surface area contributed by atoms with Crippen LogP contribution in [0.3, 0.4) is 0 Å². The number of carboxylic acid groups (broad SMARTS) is 1. The quantitative estimate of drug-likeness (QED) is 0.375. The van der Waals surface area contributed by atoms with Crippen molar-refractivity contribution in [2.75, 3.05) is 13.7 Å². The molecule has 0 radical (unpaired) electrons. The van der Waals surface area contributed by atoms with E-state index in [-0.39, 0.29) is 13.0 Å². The van der Waals surface area contributed by atoms with Crippen molar-refractivity contribution in [2.45, 2.75) is 19.6 Å². The largest absolute Gasteiger partial charge is 0.481 e. The van der Waals surface area contributed by atoms with E-state index < -0.39 is 30.3 Å². The van der Waals surface area contributed by atoms with Crippen LogP contribution in [0.1, 0.15) is 13.3 Å². The minimum Gasteiger partial charge on any atom is -0.481 e. The highest BCUT2D eigenvalue weighted by atomic mass is 16.7. The van der Waals surface area contributed by atoms with Crippen LogP contribution in [0.2, 0.25) is 0 Å². The molecule has 0 aromatic rings. The Balaban J connectivity index is 3.97. The van der Waals surface area contributed by atoms with E-state index in [1.807, 2.05) is 0 Å². The molecule has 1 amide bonds. The first kappa shape index (κ1) is 17.4. The second-order valence-electron chi connectivity index (χ2n) is 3.34.